The van der Waals surface area contributed by atoms with Crippen LogP contribution in [0.3, 0.4) is 0 Å². The van der Waals surface area contributed by atoms with Gasteiger partial charge >= 0.3 is 6.03 Å². The maximum absolute atomic E-state index is 12.3. The van der Waals surface area contributed by atoms with Crippen LogP contribution >= 0.6 is 11.3 Å². The number of aryl methyl sites for hydroxylation is 1. The van der Waals surface area contributed by atoms with Crippen LogP contribution in [0.4, 0.5) is 9.93 Å². The molecule has 8 heteroatoms. The molecule has 0 atom stereocenters. The molecule has 128 valence electrons. The molecule has 0 radical (unpaired) electrons. The summed E-state index contributed by atoms with van der Waals surface area (Å²) in [7, 11) is 0. The van der Waals surface area contributed by atoms with Gasteiger partial charge in [0.15, 0.2) is 5.13 Å². The predicted molar refractivity (Wildman–Crippen MR) is 93.4 cm³/mol. The van der Waals surface area contributed by atoms with E-state index in [0.29, 0.717) is 36.2 Å². The third-order valence-electron chi connectivity index (χ3n) is 4.52. The number of carbonyl (C=O) groups is 1. The first-order chi connectivity index (χ1) is 11.5. The second-order valence-corrected chi connectivity index (χ2v) is 7.00. The summed E-state index contributed by atoms with van der Waals surface area (Å²) in [4.78, 5) is 34.6. The molecule has 0 aromatic carbocycles. The van der Waals surface area contributed by atoms with Crippen molar-refractivity contribution in [2.75, 3.05) is 18.4 Å². The fraction of sp³-hybridized carbons (Fsp3) is 0.500. The highest BCUT2D eigenvalue weighted by Gasteiger charge is 2.24. The van der Waals surface area contributed by atoms with Crippen molar-refractivity contribution in [1.82, 2.24) is 19.4 Å². The van der Waals surface area contributed by atoms with E-state index in [-0.39, 0.29) is 11.6 Å². The largest absolute Gasteiger partial charge is 0.324 e. The van der Waals surface area contributed by atoms with E-state index in [9.17, 15) is 9.59 Å². The van der Waals surface area contributed by atoms with Crippen LogP contribution < -0.4 is 10.9 Å². The number of rotatable bonds is 3. The molecule has 1 N–H and O–H groups in total. The first-order valence-electron chi connectivity index (χ1n) is 8.02. The first kappa shape index (κ1) is 16.6. The molecule has 7 nitrogen and oxygen atoms in total. The average molecular weight is 347 g/mol. The number of hydrogen-bond donors (Lipinski definition) is 1. The monoisotopic (exact) mass is 347 g/mol. The zero-order chi connectivity index (χ0) is 17.1. The maximum atomic E-state index is 12.3. The molecule has 1 aliphatic rings. The Bertz CT molecular complexity index is 763. The quantitative estimate of drug-likeness (QED) is 0.923. The van der Waals surface area contributed by atoms with Crippen LogP contribution in [0.15, 0.2) is 22.7 Å². The predicted octanol–water partition coefficient (Wildman–Crippen LogP) is 2.26. The maximum Gasteiger partial charge on any atom is 0.323 e. The second kappa shape index (κ2) is 7.12. The molecular formula is C16H21N5O2S. The second-order valence-electron chi connectivity index (χ2n) is 6.11. The van der Waals surface area contributed by atoms with Gasteiger partial charge in [0.05, 0.1) is 6.33 Å². The van der Waals surface area contributed by atoms with Crippen LogP contribution in [0.1, 0.15) is 24.1 Å². The van der Waals surface area contributed by atoms with Gasteiger partial charge in [0.2, 0.25) is 0 Å². The van der Waals surface area contributed by atoms with Crippen molar-refractivity contribution in [1.29, 1.82) is 0 Å². The Morgan fingerprint density at radius 2 is 2.08 bits per heavy atom. The van der Waals surface area contributed by atoms with Gasteiger partial charge in [0.25, 0.3) is 5.56 Å². The molecule has 1 fully saturated rings. The number of likely N-dealkylation sites (tertiary alicyclic amines) is 1. The number of urea groups is 1. The Morgan fingerprint density at radius 3 is 2.75 bits per heavy atom. The molecule has 3 rings (SSSR count). The van der Waals surface area contributed by atoms with Crippen LogP contribution in [0.5, 0.6) is 0 Å². The lowest BCUT2D eigenvalue weighted by atomic mass is 9.97. The highest BCUT2D eigenvalue weighted by molar-refractivity contribution is 7.13. The average Bonchev–Trinajstić information content (AvgIpc) is 3.09. The highest BCUT2D eigenvalue weighted by atomic mass is 32.1. The van der Waals surface area contributed by atoms with Gasteiger partial charge in [-0.15, -0.1) is 11.3 Å². The molecule has 2 aromatic heterocycles. The molecule has 1 saturated heterocycles. The molecule has 0 aliphatic carbocycles. The molecular weight excluding hydrogens is 326 g/mol. The summed E-state index contributed by atoms with van der Waals surface area (Å²) in [6.45, 7) is 5.70. The third-order valence-corrected chi connectivity index (χ3v) is 5.21. The van der Waals surface area contributed by atoms with Crippen LogP contribution in [-0.2, 0) is 6.54 Å². The molecule has 24 heavy (non-hydrogen) atoms. The summed E-state index contributed by atoms with van der Waals surface area (Å²) >= 11 is 1.41. The van der Waals surface area contributed by atoms with Gasteiger partial charge in [-0.25, -0.2) is 14.8 Å². The molecule has 3 heterocycles. The van der Waals surface area contributed by atoms with Crippen molar-refractivity contribution in [3.63, 3.8) is 0 Å². The van der Waals surface area contributed by atoms with Crippen molar-refractivity contribution in [3.8, 4) is 0 Å². The Kier molecular flexibility index (Phi) is 4.94. The van der Waals surface area contributed by atoms with Gasteiger partial charge < -0.3 is 4.90 Å². The Balaban J connectivity index is 1.55. The highest BCUT2D eigenvalue weighted by Crippen LogP contribution is 2.20. The Hall–Kier alpha value is -2.22. The van der Waals surface area contributed by atoms with Gasteiger partial charge in [0, 0.05) is 42.5 Å². The summed E-state index contributed by atoms with van der Waals surface area (Å²) < 4.78 is 1.69. The number of piperidine rings is 1. The minimum atomic E-state index is -0.103. The third kappa shape index (κ3) is 3.64. The van der Waals surface area contributed by atoms with Crippen molar-refractivity contribution in [2.24, 2.45) is 5.92 Å². The van der Waals surface area contributed by atoms with Crippen molar-refractivity contribution >= 4 is 22.5 Å². The number of thiazole rings is 1. The van der Waals surface area contributed by atoms with E-state index < -0.39 is 0 Å². The lowest BCUT2D eigenvalue weighted by molar-refractivity contribution is 0.176. The zero-order valence-corrected chi connectivity index (χ0v) is 14.7. The van der Waals surface area contributed by atoms with E-state index in [1.165, 1.54) is 11.3 Å². The molecule has 1 aliphatic heterocycles. The van der Waals surface area contributed by atoms with Crippen molar-refractivity contribution < 1.29 is 4.79 Å². The van der Waals surface area contributed by atoms with Crippen LogP contribution in [0.2, 0.25) is 0 Å². The number of anilines is 1. The molecule has 2 aromatic rings. The van der Waals surface area contributed by atoms with E-state index in [1.807, 2.05) is 19.2 Å². The lowest BCUT2D eigenvalue weighted by Crippen LogP contribution is -2.42. The number of nitrogens with one attached hydrogen (secondary N) is 1. The van der Waals surface area contributed by atoms with E-state index >= 15 is 0 Å². The van der Waals surface area contributed by atoms with Gasteiger partial charge in [-0.1, -0.05) is 0 Å². The topological polar surface area (TPSA) is 80.1 Å². The summed E-state index contributed by atoms with van der Waals surface area (Å²) in [6, 6.07) is -0.103. The number of carbonyl (C=O) groups excluding carboxylic acids is 1. The smallest absolute Gasteiger partial charge is 0.323 e. The molecule has 0 bridgehead atoms. The van der Waals surface area contributed by atoms with Crippen molar-refractivity contribution in [2.45, 2.75) is 33.2 Å². The van der Waals surface area contributed by atoms with E-state index in [2.05, 4.69) is 15.3 Å². The van der Waals surface area contributed by atoms with E-state index in [1.54, 1.807) is 22.0 Å². The summed E-state index contributed by atoms with van der Waals surface area (Å²) in [5, 5.41) is 5.26. The van der Waals surface area contributed by atoms with Gasteiger partial charge in [-0.05, 0) is 32.6 Å². The number of hydrogen-bond acceptors (Lipinski definition) is 5. The number of nitrogens with zero attached hydrogens (tertiary/aromatic N) is 4. The summed E-state index contributed by atoms with van der Waals surface area (Å²) in [5.41, 5.74) is 1.52. The summed E-state index contributed by atoms with van der Waals surface area (Å²) in [6.07, 6.45) is 5.06. The molecule has 0 spiro atoms. The number of amides is 2. The molecule has 0 unspecified atom stereocenters. The molecule has 2 amide bonds. The number of aromatic nitrogens is 3. The van der Waals surface area contributed by atoms with Gasteiger partial charge in [-0.2, -0.15) is 0 Å². The SMILES string of the molecule is Cc1ncn(CC2CCN(C(=O)Nc3nccs3)CC2)c(=O)c1C. The molecule has 0 saturated carbocycles. The minimum Gasteiger partial charge on any atom is -0.324 e. The zero-order valence-electron chi connectivity index (χ0n) is 13.9. The van der Waals surface area contributed by atoms with Crippen molar-refractivity contribution in [3.05, 3.63) is 39.5 Å². The van der Waals surface area contributed by atoms with Gasteiger partial charge in [0.1, 0.15) is 0 Å². The van der Waals surface area contributed by atoms with Crippen LogP contribution in [0, 0.1) is 19.8 Å². The van der Waals surface area contributed by atoms with E-state index in [0.717, 1.165) is 18.5 Å². The fourth-order valence-electron chi connectivity index (χ4n) is 2.86. The Labute approximate surface area is 144 Å². The van der Waals surface area contributed by atoms with E-state index in [4.69, 9.17) is 0 Å². The fourth-order valence-corrected chi connectivity index (χ4v) is 3.38. The normalized spacial score (nSPS) is 15.5. The summed E-state index contributed by atoms with van der Waals surface area (Å²) in [5.74, 6) is 0.385. The van der Waals surface area contributed by atoms with Gasteiger partial charge in [-0.3, -0.25) is 14.7 Å². The minimum absolute atomic E-state index is 0.0337. The first-order valence-corrected chi connectivity index (χ1v) is 8.90. The standard InChI is InChI=1S/C16H21N5O2S/c1-11-12(2)18-10-21(14(11)22)9-13-3-6-20(7-4-13)16(23)19-15-17-5-8-24-15/h5,8,10,13H,3-4,6-7,9H2,1-2H3,(H,17,19,23). The van der Waals surface area contributed by atoms with Crippen LogP contribution in [0.25, 0.3) is 0 Å². The lowest BCUT2D eigenvalue weighted by Gasteiger charge is -2.32. The van der Waals surface area contributed by atoms with Crippen LogP contribution in [-0.4, -0.2) is 38.6 Å². The Morgan fingerprint density at radius 1 is 1.33 bits per heavy atom.